The number of halogens is 1. The molecule has 0 aromatic rings. The lowest BCUT2D eigenvalue weighted by Gasteiger charge is -2.29. The van der Waals surface area contributed by atoms with E-state index in [4.69, 9.17) is 26.7 Å². The first-order valence-electron chi connectivity index (χ1n) is 3.04. The minimum absolute atomic E-state index is 0.185. The highest BCUT2D eigenvalue weighted by Crippen LogP contribution is 2.57. The largest absolute Gasteiger partial charge is 0.424 e. The Bertz CT molecular complexity index is 233. The Morgan fingerprint density at radius 3 is 2.45 bits per heavy atom. The Balaban J connectivity index is 2.64. The summed E-state index contributed by atoms with van der Waals surface area (Å²) < 4.78 is 20.3. The second-order valence-corrected chi connectivity index (χ2v) is 5.30. The number of terminal acetylenes is 1. The molecule has 0 bridgehead atoms. The minimum atomic E-state index is -3.30. The molecule has 0 spiro atoms. The molecule has 0 atom stereocenters. The van der Waals surface area contributed by atoms with Crippen LogP contribution in [-0.4, -0.2) is 13.2 Å². The molecule has 0 saturated carbocycles. The van der Waals surface area contributed by atoms with E-state index in [1.165, 1.54) is 0 Å². The van der Waals surface area contributed by atoms with Gasteiger partial charge in [0.1, 0.15) is 0 Å². The maximum atomic E-state index is 10.9. The van der Waals surface area contributed by atoms with E-state index >= 15 is 0 Å². The van der Waals surface area contributed by atoms with E-state index in [1.54, 1.807) is 6.92 Å². The normalized spacial score (nSPS) is 44.8. The Hall–Kier alpha value is -0.0000000000000000208. The molecule has 3 nitrogen and oxygen atoms in total. The molecule has 62 valence electrons. The second kappa shape index (κ2) is 2.80. The molecule has 0 radical (unpaired) electrons. The van der Waals surface area contributed by atoms with Gasteiger partial charge in [-0.15, -0.1) is 6.42 Å². The Morgan fingerprint density at radius 1 is 1.64 bits per heavy atom. The first-order valence-corrected chi connectivity index (χ1v) is 5.49. The standard InChI is InChI=1S/C6H8ClO3P/c1-3-6(2)4-9-11(7,8)10-5-6/h1H,4-5H2,2H3. The van der Waals surface area contributed by atoms with Crippen LogP contribution in [0.4, 0.5) is 0 Å². The highest BCUT2D eigenvalue weighted by Gasteiger charge is 2.36. The van der Waals surface area contributed by atoms with Gasteiger partial charge in [0.05, 0.1) is 18.6 Å². The Labute approximate surface area is 70.3 Å². The smallest absolute Gasteiger partial charge is 0.295 e. The molecule has 0 aromatic heterocycles. The van der Waals surface area contributed by atoms with E-state index in [0.717, 1.165) is 0 Å². The zero-order valence-electron chi connectivity index (χ0n) is 6.04. The Kier molecular flexibility index (Phi) is 2.32. The predicted molar refractivity (Wildman–Crippen MR) is 42.3 cm³/mol. The fraction of sp³-hybridized carbons (Fsp3) is 0.667. The summed E-state index contributed by atoms with van der Waals surface area (Å²) in [5, 5.41) is 0. The van der Waals surface area contributed by atoms with Crippen LogP contribution in [0.25, 0.3) is 0 Å². The van der Waals surface area contributed by atoms with Crippen LogP contribution in [0.15, 0.2) is 0 Å². The lowest BCUT2D eigenvalue weighted by atomic mass is 9.95. The van der Waals surface area contributed by atoms with E-state index < -0.39 is 12.4 Å². The van der Waals surface area contributed by atoms with E-state index in [-0.39, 0.29) is 13.2 Å². The van der Waals surface area contributed by atoms with Crippen LogP contribution in [0.2, 0.25) is 0 Å². The zero-order chi connectivity index (χ0) is 8.54. The summed E-state index contributed by atoms with van der Waals surface area (Å²) in [5.74, 6) is 2.49. The van der Waals surface area contributed by atoms with Gasteiger partial charge < -0.3 is 0 Å². The number of rotatable bonds is 0. The van der Waals surface area contributed by atoms with Gasteiger partial charge in [-0.1, -0.05) is 5.92 Å². The lowest BCUT2D eigenvalue weighted by Crippen LogP contribution is -2.30. The summed E-state index contributed by atoms with van der Waals surface area (Å²) in [6.45, 7) is -1.15. The van der Waals surface area contributed by atoms with Crippen LogP contribution in [0.1, 0.15) is 6.92 Å². The minimum Gasteiger partial charge on any atom is -0.295 e. The average molecular weight is 195 g/mol. The van der Waals surface area contributed by atoms with Crippen LogP contribution in [-0.2, 0) is 13.6 Å². The van der Waals surface area contributed by atoms with Gasteiger partial charge in [0.15, 0.2) is 0 Å². The molecular formula is C6H8ClO3P. The van der Waals surface area contributed by atoms with Gasteiger partial charge in [0.2, 0.25) is 0 Å². The van der Waals surface area contributed by atoms with Crippen LogP contribution in [0, 0.1) is 17.8 Å². The van der Waals surface area contributed by atoms with Gasteiger partial charge in [-0.25, -0.2) is 4.57 Å². The predicted octanol–water partition coefficient (Wildman–Crippen LogP) is 2.02. The van der Waals surface area contributed by atoms with Crippen molar-refractivity contribution in [1.82, 2.24) is 0 Å². The molecule has 1 rings (SSSR count). The van der Waals surface area contributed by atoms with Crippen molar-refractivity contribution >= 4 is 18.2 Å². The van der Waals surface area contributed by atoms with Crippen molar-refractivity contribution < 1.29 is 13.6 Å². The monoisotopic (exact) mass is 194 g/mol. The Morgan fingerprint density at radius 2 is 2.09 bits per heavy atom. The topological polar surface area (TPSA) is 35.5 Å². The van der Waals surface area contributed by atoms with E-state index in [1.807, 2.05) is 0 Å². The highest BCUT2D eigenvalue weighted by atomic mass is 35.7. The molecule has 1 aliphatic rings. The van der Waals surface area contributed by atoms with E-state index in [9.17, 15) is 4.57 Å². The van der Waals surface area contributed by atoms with Gasteiger partial charge in [0.25, 0.3) is 0 Å². The zero-order valence-corrected chi connectivity index (χ0v) is 7.69. The molecule has 0 aromatic carbocycles. The lowest BCUT2D eigenvalue weighted by molar-refractivity contribution is 0.0738. The first-order chi connectivity index (χ1) is 4.97. The molecule has 1 aliphatic heterocycles. The summed E-state index contributed by atoms with van der Waals surface area (Å²) in [6, 6.07) is 0. The van der Waals surface area contributed by atoms with Crippen molar-refractivity contribution in [3.63, 3.8) is 0 Å². The summed E-state index contributed by atoms with van der Waals surface area (Å²) in [6.07, 6.45) is 5.18. The fourth-order valence-electron chi connectivity index (χ4n) is 0.601. The first kappa shape index (κ1) is 9.09. The summed E-state index contributed by atoms with van der Waals surface area (Å²) >= 11 is 5.30. The molecule has 0 amide bonds. The third kappa shape index (κ3) is 2.21. The van der Waals surface area contributed by atoms with Gasteiger partial charge in [-0.05, 0) is 6.92 Å². The number of hydrogen-bond donors (Lipinski definition) is 0. The summed E-state index contributed by atoms with van der Waals surface area (Å²) in [5.41, 5.74) is -0.497. The third-order valence-electron chi connectivity index (χ3n) is 1.42. The van der Waals surface area contributed by atoms with Crippen LogP contribution < -0.4 is 0 Å². The molecule has 0 unspecified atom stereocenters. The van der Waals surface area contributed by atoms with Gasteiger partial charge in [-0.3, -0.25) is 9.05 Å². The van der Waals surface area contributed by atoms with Crippen molar-refractivity contribution in [2.24, 2.45) is 5.41 Å². The van der Waals surface area contributed by atoms with Crippen molar-refractivity contribution in [2.45, 2.75) is 6.92 Å². The molecule has 1 heterocycles. The third-order valence-corrected chi connectivity index (χ3v) is 2.88. The molecule has 1 saturated heterocycles. The van der Waals surface area contributed by atoms with Gasteiger partial charge >= 0.3 is 6.95 Å². The van der Waals surface area contributed by atoms with Crippen LogP contribution in [0.5, 0.6) is 0 Å². The summed E-state index contributed by atoms with van der Waals surface area (Å²) in [4.78, 5) is 0. The van der Waals surface area contributed by atoms with Gasteiger partial charge in [0, 0.05) is 11.2 Å². The van der Waals surface area contributed by atoms with Crippen molar-refractivity contribution in [3.05, 3.63) is 0 Å². The van der Waals surface area contributed by atoms with Crippen molar-refractivity contribution in [3.8, 4) is 12.3 Å². The van der Waals surface area contributed by atoms with Gasteiger partial charge in [-0.2, -0.15) is 0 Å². The second-order valence-electron chi connectivity index (χ2n) is 2.68. The van der Waals surface area contributed by atoms with Crippen molar-refractivity contribution in [1.29, 1.82) is 0 Å². The van der Waals surface area contributed by atoms with E-state index in [0.29, 0.717) is 0 Å². The van der Waals surface area contributed by atoms with Crippen LogP contribution >= 0.6 is 18.2 Å². The molecule has 0 aliphatic carbocycles. The fourth-order valence-corrected chi connectivity index (χ4v) is 1.85. The highest BCUT2D eigenvalue weighted by molar-refractivity contribution is 7.81. The molecular weight excluding hydrogens is 186 g/mol. The number of hydrogen-bond acceptors (Lipinski definition) is 3. The SMILES string of the molecule is C#CC1(C)COP(=O)(Cl)OC1. The quantitative estimate of drug-likeness (QED) is 0.437. The maximum Gasteiger partial charge on any atom is 0.424 e. The van der Waals surface area contributed by atoms with E-state index in [2.05, 4.69) is 5.92 Å². The molecule has 5 heteroatoms. The van der Waals surface area contributed by atoms with Crippen LogP contribution in [0.3, 0.4) is 0 Å². The maximum absolute atomic E-state index is 10.9. The van der Waals surface area contributed by atoms with Crippen molar-refractivity contribution in [2.75, 3.05) is 13.2 Å². The molecule has 11 heavy (non-hydrogen) atoms. The summed E-state index contributed by atoms with van der Waals surface area (Å²) in [7, 11) is 0. The molecule has 0 N–H and O–H groups in total. The average Bonchev–Trinajstić information content (AvgIpc) is 1.97. The molecule has 1 fully saturated rings.